The Morgan fingerprint density at radius 2 is 1.76 bits per heavy atom. The average Bonchev–Trinajstić information content (AvgIpc) is 3.19. The maximum absolute atomic E-state index is 13.5. The second kappa shape index (κ2) is 8.70. The van der Waals surface area contributed by atoms with Crippen LogP contribution in [0.15, 0.2) is 58.0 Å². The molecular formula is C27H27N3O3. The van der Waals surface area contributed by atoms with Crippen molar-refractivity contribution in [3.05, 3.63) is 87.9 Å². The Morgan fingerprint density at radius 3 is 2.61 bits per heavy atom. The minimum absolute atomic E-state index is 0.114. The summed E-state index contributed by atoms with van der Waals surface area (Å²) in [5.74, 6) is 0.792. The van der Waals surface area contributed by atoms with Crippen molar-refractivity contribution in [3.63, 3.8) is 0 Å². The van der Waals surface area contributed by atoms with Gasteiger partial charge in [-0.2, -0.15) is 5.10 Å². The highest BCUT2D eigenvalue weighted by Gasteiger charge is 2.32. The number of hydrogen-bond acceptors (Lipinski definition) is 4. The zero-order valence-electron chi connectivity index (χ0n) is 19.0. The number of aryl methyl sites for hydroxylation is 3. The third kappa shape index (κ3) is 3.86. The Morgan fingerprint density at radius 1 is 0.970 bits per heavy atom. The first-order valence-corrected chi connectivity index (χ1v) is 11.5. The molecular weight excluding hydrogens is 414 g/mol. The molecule has 0 radical (unpaired) electrons. The molecule has 1 N–H and O–H groups in total. The van der Waals surface area contributed by atoms with Crippen LogP contribution in [0.5, 0.6) is 0 Å². The van der Waals surface area contributed by atoms with Gasteiger partial charge in [0.05, 0.1) is 5.71 Å². The summed E-state index contributed by atoms with van der Waals surface area (Å²) >= 11 is 0. The summed E-state index contributed by atoms with van der Waals surface area (Å²) < 4.78 is 6.12. The average molecular weight is 442 g/mol. The van der Waals surface area contributed by atoms with E-state index < -0.39 is 0 Å². The molecule has 0 spiro atoms. The van der Waals surface area contributed by atoms with E-state index in [4.69, 9.17) is 4.42 Å². The molecule has 2 heterocycles. The molecule has 2 aliphatic rings. The number of hydrazone groups is 1. The molecule has 0 unspecified atom stereocenters. The molecule has 5 rings (SSSR count). The van der Waals surface area contributed by atoms with Crippen LogP contribution >= 0.6 is 0 Å². The summed E-state index contributed by atoms with van der Waals surface area (Å²) in [6, 6.07) is 15.5. The second-order valence-electron chi connectivity index (χ2n) is 8.71. The van der Waals surface area contributed by atoms with Gasteiger partial charge in [-0.15, -0.1) is 0 Å². The lowest BCUT2D eigenvalue weighted by molar-refractivity contribution is 0.0947. The van der Waals surface area contributed by atoms with Gasteiger partial charge in [0.1, 0.15) is 5.76 Å². The molecule has 0 fully saturated rings. The summed E-state index contributed by atoms with van der Waals surface area (Å²) in [6.45, 7) is 4.49. The van der Waals surface area contributed by atoms with E-state index in [2.05, 4.69) is 16.6 Å². The fraction of sp³-hybridized carbons (Fsp3) is 0.296. The second-order valence-corrected chi connectivity index (χ2v) is 8.71. The third-order valence-corrected chi connectivity index (χ3v) is 6.56. The Labute approximate surface area is 193 Å². The van der Waals surface area contributed by atoms with Crippen LogP contribution in [0, 0.1) is 13.8 Å². The smallest absolute Gasteiger partial charge is 0.294 e. The number of amides is 2. The summed E-state index contributed by atoms with van der Waals surface area (Å²) in [7, 11) is 0. The van der Waals surface area contributed by atoms with Crippen molar-refractivity contribution in [1.29, 1.82) is 0 Å². The van der Waals surface area contributed by atoms with Crippen LogP contribution in [0.1, 0.15) is 68.2 Å². The number of hydrogen-bond donors (Lipinski definition) is 1. The fourth-order valence-corrected chi connectivity index (χ4v) is 4.86. The van der Waals surface area contributed by atoms with Gasteiger partial charge < -0.3 is 9.32 Å². The molecule has 1 aromatic heterocycles. The summed E-state index contributed by atoms with van der Waals surface area (Å²) in [6.07, 6.45) is 4.25. The Balaban J connectivity index is 1.44. The SMILES string of the molecule is Cc1ccccc1C(=O)N/N=C1\CCCc2oc(C(=O)N3CCCc4ccccc43)c(C)c21. The van der Waals surface area contributed by atoms with Gasteiger partial charge in [-0.25, -0.2) is 5.43 Å². The molecule has 1 aliphatic carbocycles. The van der Waals surface area contributed by atoms with E-state index in [0.29, 0.717) is 17.9 Å². The van der Waals surface area contributed by atoms with Gasteiger partial charge in [0.25, 0.3) is 11.8 Å². The van der Waals surface area contributed by atoms with Crippen molar-refractivity contribution in [2.45, 2.75) is 46.0 Å². The highest BCUT2D eigenvalue weighted by molar-refractivity contribution is 6.10. The summed E-state index contributed by atoms with van der Waals surface area (Å²) in [4.78, 5) is 28.0. The van der Waals surface area contributed by atoms with Gasteiger partial charge in [0.2, 0.25) is 0 Å². The first-order chi connectivity index (χ1) is 16.0. The van der Waals surface area contributed by atoms with Gasteiger partial charge in [0.15, 0.2) is 5.76 Å². The number of furan rings is 1. The van der Waals surface area contributed by atoms with E-state index in [-0.39, 0.29) is 11.8 Å². The third-order valence-electron chi connectivity index (χ3n) is 6.56. The molecule has 0 saturated heterocycles. The lowest BCUT2D eigenvalue weighted by Crippen LogP contribution is -2.35. The van der Waals surface area contributed by atoms with Crippen molar-refractivity contribution in [1.82, 2.24) is 5.43 Å². The predicted octanol–water partition coefficient (Wildman–Crippen LogP) is 4.96. The molecule has 1 aliphatic heterocycles. The van der Waals surface area contributed by atoms with Crippen LogP contribution < -0.4 is 10.3 Å². The number of nitrogens with zero attached hydrogens (tertiary/aromatic N) is 2. The number of carbonyl (C=O) groups is 2. The predicted molar refractivity (Wildman–Crippen MR) is 128 cm³/mol. The number of fused-ring (bicyclic) bond motifs is 2. The number of para-hydroxylation sites is 1. The molecule has 2 aromatic carbocycles. The molecule has 3 aromatic rings. The van der Waals surface area contributed by atoms with Crippen molar-refractivity contribution < 1.29 is 14.0 Å². The Bertz CT molecular complexity index is 1270. The molecule has 0 saturated carbocycles. The van der Waals surface area contributed by atoms with Crippen molar-refractivity contribution in [3.8, 4) is 0 Å². The largest absolute Gasteiger partial charge is 0.455 e. The lowest BCUT2D eigenvalue weighted by atomic mass is 9.93. The van der Waals surface area contributed by atoms with Crippen molar-refractivity contribution >= 4 is 23.2 Å². The van der Waals surface area contributed by atoms with E-state index in [1.807, 2.05) is 55.1 Å². The highest BCUT2D eigenvalue weighted by Crippen LogP contribution is 2.33. The zero-order chi connectivity index (χ0) is 22.9. The van der Waals surface area contributed by atoms with Crippen LogP contribution in [0.4, 0.5) is 5.69 Å². The van der Waals surface area contributed by atoms with E-state index in [0.717, 1.165) is 66.0 Å². The maximum Gasteiger partial charge on any atom is 0.294 e. The summed E-state index contributed by atoms with van der Waals surface area (Å²) in [5, 5.41) is 4.46. The Hall–Kier alpha value is -3.67. The fourth-order valence-electron chi connectivity index (χ4n) is 4.86. The van der Waals surface area contributed by atoms with E-state index in [1.165, 1.54) is 5.56 Å². The van der Waals surface area contributed by atoms with Gasteiger partial charge >= 0.3 is 0 Å². The topological polar surface area (TPSA) is 74.9 Å². The van der Waals surface area contributed by atoms with Crippen LogP contribution in [0.25, 0.3) is 0 Å². The number of rotatable bonds is 3. The van der Waals surface area contributed by atoms with Gasteiger partial charge in [-0.05, 0) is 62.8 Å². The number of nitrogens with one attached hydrogen (secondary N) is 1. The quantitative estimate of drug-likeness (QED) is 0.584. The maximum atomic E-state index is 13.5. The number of carbonyl (C=O) groups excluding carboxylic acids is 2. The zero-order valence-corrected chi connectivity index (χ0v) is 19.0. The van der Waals surface area contributed by atoms with E-state index >= 15 is 0 Å². The van der Waals surface area contributed by atoms with Crippen LogP contribution in [0.2, 0.25) is 0 Å². The van der Waals surface area contributed by atoms with Crippen LogP contribution in [-0.4, -0.2) is 24.1 Å². The van der Waals surface area contributed by atoms with Gasteiger partial charge in [0, 0.05) is 35.3 Å². The first kappa shape index (κ1) is 21.2. The molecule has 6 heteroatoms. The minimum Gasteiger partial charge on any atom is -0.455 e. The van der Waals surface area contributed by atoms with E-state index in [9.17, 15) is 9.59 Å². The van der Waals surface area contributed by atoms with Crippen LogP contribution in [0.3, 0.4) is 0 Å². The molecule has 0 bridgehead atoms. The normalized spacial score (nSPS) is 16.3. The molecule has 168 valence electrons. The molecule has 33 heavy (non-hydrogen) atoms. The number of anilines is 1. The molecule has 0 atom stereocenters. The lowest BCUT2D eigenvalue weighted by Gasteiger charge is -2.28. The minimum atomic E-state index is -0.241. The Kier molecular flexibility index (Phi) is 5.58. The van der Waals surface area contributed by atoms with E-state index in [1.54, 1.807) is 6.07 Å². The summed E-state index contributed by atoms with van der Waals surface area (Å²) in [5.41, 5.74) is 8.76. The van der Waals surface area contributed by atoms with Crippen LogP contribution in [-0.2, 0) is 12.8 Å². The monoisotopic (exact) mass is 441 g/mol. The highest BCUT2D eigenvalue weighted by atomic mass is 16.4. The standard InChI is InChI=1S/C27H27N3O3/c1-17-9-3-5-12-20(17)26(31)29-28-21-13-7-15-23-24(21)18(2)25(33-23)27(32)30-16-8-11-19-10-4-6-14-22(19)30/h3-6,9-10,12,14H,7-8,11,13,15-16H2,1-2H3,(H,29,31)/b28-21+. The van der Waals surface area contributed by atoms with Crippen molar-refractivity contribution in [2.24, 2.45) is 5.10 Å². The molecule has 6 nitrogen and oxygen atoms in total. The number of benzene rings is 2. The first-order valence-electron chi connectivity index (χ1n) is 11.5. The van der Waals surface area contributed by atoms with Crippen molar-refractivity contribution in [2.75, 3.05) is 11.4 Å². The molecule has 2 amide bonds. The van der Waals surface area contributed by atoms with Gasteiger partial charge in [-0.3, -0.25) is 9.59 Å². The van der Waals surface area contributed by atoms with Gasteiger partial charge in [-0.1, -0.05) is 36.4 Å².